The molecule has 0 aliphatic carbocycles. The standard InChI is InChI=1S/C12H25NO3/c1-12(14,5-7-15-2)10-13-8-11-4-3-6-16-9-11/h11,13-14H,3-10H2,1-2H3. The minimum Gasteiger partial charge on any atom is -0.389 e. The van der Waals surface area contributed by atoms with Gasteiger partial charge in [0.05, 0.1) is 12.2 Å². The maximum atomic E-state index is 10.0. The van der Waals surface area contributed by atoms with E-state index in [4.69, 9.17) is 9.47 Å². The largest absolute Gasteiger partial charge is 0.389 e. The molecule has 1 rings (SSSR count). The van der Waals surface area contributed by atoms with E-state index in [-0.39, 0.29) is 0 Å². The first-order chi connectivity index (χ1) is 7.64. The molecule has 0 aromatic rings. The molecule has 0 bridgehead atoms. The van der Waals surface area contributed by atoms with Gasteiger partial charge >= 0.3 is 0 Å². The molecule has 16 heavy (non-hydrogen) atoms. The van der Waals surface area contributed by atoms with Crippen molar-refractivity contribution < 1.29 is 14.6 Å². The Labute approximate surface area is 98.3 Å². The second kappa shape index (κ2) is 7.22. The SMILES string of the molecule is COCCC(C)(O)CNCC1CCCOC1. The van der Waals surface area contributed by atoms with E-state index in [0.29, 0.717) is 25.5 Å². The quantitative estimate of drug-likeness (QED) is 0.680. The van der Waals surface area contributed by atoms with Crippen molar-refractivity contribution in [2.24, 2.45) is 5.92 Å². The van der Waals surface area contributed by atoms with E-state index in [1.807, 2.05) is 6.92 Å². The normalized spacial score (nSPS) is 25.3. The number of nitrogens with one attached hydrogen (secondary N) is 1. The Kier molecular flexibility index (Phi) is 6.28. The zero-order chi connectivity index (χ0) is 11.9. The van der Waals surface area contributed by atoms with Crippen LogP contribution in [0, 0.1) is 5.92 Å². The van der Waals surface area contributed by atoms with E-state index >= 15 is 0 Å². The first-order valence-corrected chi connectivity index (χ1v) is 6.14. The monoisotopic (exact) mass is 231 g/mol. The highest BCUT2D eigenvalue weighted by Crippen LogP contribution is 2.13. The second-order valence-corrected chi connectivity index (χ2v) is 4.95. The Bertz CT molecular complexity index is 179. The molecule has 0 aromatic heterocycles. The van der Waals surface area contributed by atoms with E-state index < -0.39 is 5.60 Å². The van der Waals surface area contributed by atoms with Gasteiger partial charge in [0.15, 0.2) is 0 Å². The van der Waals surface area contributed by atoms with Gasteiger partial charge in [-0.25, -0.2) is 0 Å². The van der Waals surface area contributed by atoms with Gasteiger partial charge in [-0.1, -0.05) is 0 Å². The number of hydrogen-bond donors (Lipinski definition) is 2. The third kappa shape index (κ3) is 5.80. The van der Waals surface area contributed by atoms with Gasteiger partial charge in [0.25, 0.3) is 0 Å². The van der Waals surface area contributed by atoms with Gasteiger partial charge in [0.1, 0.15) is 0 Å². The molecule has 1 heterocycles. The molecule has 1 aliphatic heterocycles. The zero-order valence-corrected chi connectivity index (χ0v) is 10.5. The van der Waals surface area contributed by atoms with Crippen LogP contribution in [0.2, 0.25) is 0 Å². The van der Waals surface area contributed by atoms with Crippen LogP contribution in [0.25, 0.3) is 0 Å². The first kappa shape index (κ1) is 13.9. The molecule has 2 atom stereocenters. The van der Waals surface area contributed by atoms with Crippen molar-refractivity contribution in [1.29, 1.82) is 0 Å². The molecular weight excluding hydrogens is 206 g/mol. The average Bonchev–Trinajstić information content (AvgIpc) is 2.28. The molecule has 0 radical (unpaired) electrons. The molecule has 1 fully saturated rings. The molecule has 1 aliphatic rings. The molecule has 0 saturated carbocycles. The highest BCUT2D eigenvalue weighted by Gasteiger charge is 2.20. The molecule has 2 unspecified atom stereocenters. The lowest BCUT2D eigenvalue weighted by atomic mass is 10.0. The summed E-state index contributed by atoms with van der Waals surface area (Å²) in [7, 11) is 1.66. The van der Waals surface area contributed by atoms with Crippen LogP contribution in [0.1, 0.15) is 26.2 Å². The molecule has 4 heteroatoms. The minimum atomic E-state index is -0.675. The Morgan fingerprint density at radius 2 is 2.38 bits per heavy atom. The molecule has 0 aromatic carbocycles. The Hall–Kier alpha value is -0.160. The van der Waals surface area contributed by atoms with Crippen molar-refractivity contribution in [3.05, 3.63) is 0 Å². The Morgan fingerprint density at radius 1 is 1.56 bits per heavy atom. The Morgan fingerprint density at radius 3 is 3.00 bits per heavy atom. The molecular formula is C12H25NO3. The smallest absolute Gasteiger partial charge is 0.0765 e. The van der Waals surface area contributed by atoms with E-state index in [1.54, 1.807) is 7.11 Å². The number of rotatable bonds is 7. The molecule has 4 nitrogen and oxygen atoms in total. The molecule has 0 amide bonds. The summed E-state index contributed by atoms with van der Waals surface area (Å²) in [6.07, 6.45) is 3.05. The Balaban J connectivity index is 2.08. The van der Waals surface area contributed by atoms with Gasteiger partial charge in [-0.05, 0) is 25.7 Å². The number of ether oxygens (including phenoxy) is 2. The van der Waals surface area contributed by atoms with Crippen molar-refractivity contribution in [2.75, 3.05) is 40.0 Å². The van der Waals surface area contributed by atoms with Crippen LogP contribution in [0.5, 0.6) is 0 Å². The maximum absolute atomic E-state index is 10.0. The van der Waals surface area contributed by atoms with Crippen molar-refractivity contribution in [3.8, 4) is 0 Å². The van der Waals surface area contributed by atoms with Crippen LogP contribution in [0.4, 0.5) is 0 Å². The minimum absolute atomic E-state index is 0.598. The van der Waals surface area contributed by atoms with Crippen molar-refractivity contribution in [3.63, 3.8) is 0 Å². The van der Waals surface area contributed by atoms with Crippen LogP contribution >= 0.6 is 0 Å². The fraction of sp³-hybridized carbons (Fsp3) is 1.00. The zero-order valence-electron chi connectivity index (χ0n) is 10.5. The van der Waals surface area contributed by atoms with Gasteiger partial charge in [0, 0.05) is 39.8 Å². The molecule has 96 valence electrons. The lowest BCUT2D eigenvalue weighted by Crippen LogP contribution is -2.41. The average molecular weight is 231 g/mol. The predicted molar refractivity (Wildman–Crippen MR) is 63.5 cm³/mol. The first-order valence-electron chi connectivity index (χ1n) is 6.14. The fourth-order valence-electron chi connectivity index (χ4n) is 1.92. The number of aliphatic hydroxyl groups is 1. The summed E-state index contributed by atoms with van der Waals surface area (Å²) >= 11 is 0. The summed E-state index contributed by atoms with van der Waals surface area (Å²) < 4.78 is 10.4. The van der Waals surface area contributed by atoms with Gasteiger partial charge < -0.3 is 19.9 Å². The van der Waals surface area contributed by atoms with Crippen LogP contribution in [0.15, 0.2) is 0 Å². The van der Waals surface area contributed by atoms with Crippen molar-refractivity contribution in [2.45, 2.75) is 31.8 Å². The predicted octanol–water partition coefficient (Wildman–Crippen LogP) is 0.790. The van der Waals surface area contributed by atoms with Crippen LogP contribution < -0.4 is 5.32 Å². The van der Waals surface area contributed by atoms with Gasteiger partial charge in [-0.2, -0.15) is 0 Å². The van der Waals surface area contributed by atoms with Gasteiger partial charge in [-0.15, -0.1) is 0 Å². The maximum Gasteiger partial charge on any atom is 0.0765 e. The third-order valence-corrected chi connectivity index (χ3v) is 3.04. The second-order valence-electron chi connectivity index (χ2n) is 4.95. The summed E-state index contributed by atoms with van der Waals surface area (Å²) in [6.45, 7) is 5.75. The van der Waals surface area contributed by atoms with Crippen molar-refractivity contribution in [1.82, 2.24) is 5.32 Å². The van der Waals surface area contributed by atoms with Gasteiger partial charge in [0.2, 0.25) is 0 Å². The summed E-state index contributed by atoms with van der Waals surface area (Å²) in [4.78, 5) is 0. The third-order valence-electron chi connectivity index (χ3n) is 3.04. The van der Waals surface area contributed by atoms with E-state index in [9.17, 15) is 5.11 Å². The topological polar surface area (TPSA) is 50.7 Å². The fourth-order valence-corrected chi connectivity index (χ4v) is 1.92. The van der Waals surface area contributed by atoms with E-state index in [1.165, 1.54) is 6.42 Å². The van der Waals surface area contributed by atoms with Crippen molar-refractivity contribution >= 4 is 0 Å². The van der Waals surface area contributed by atoms with Crippen LogP contribution in [0.3, 0.4) is 0 Å². The number of methoxy groups -OCH3 is 1. The van der Waals surface area contributed by atoms with Gasteiger partial charge in [-0.3, -0.25) is 0 Å². The molecule has 0 spiro atoms. The summed E-state index contributed by atoms with van der Waals surface area (Å²) in [5.41, 5.74) is -0.675. The summed E-state index contributed by atoms with van der Waals surface area (Å²) in [6, 6.07) is 0. The molecule has 2 N–H and O–H groups in total. The van der Waals surface area contributed by atoms with E-state index in [2.05, 4.69) is 5.32 Å². The lowest BCUT2D eigenvalue weighted by Gasteiger charge is -2.26. The summed E-state index contributed by atoms with van der Waals surface area (Å²) in [5.74, 6) is 0.604. The number of hydrogen-bond acceptors (Lipinski definition) is 4. The molecule has 1 saturated heterocycles. The highest BCUT2D eigenvalue weighted by atomic mass is 16.5. The lowest BCUT2D eigenvalue weighted by molar-refractivity contribution is 0.0192. The van der Waals surface area contributed by atoms with Crippen LogP contribution in [-0.4, -0.2) is 50.7 Å². The van der Waals surface area contributed by atoms with E-state index in [0.717, 1.165) is 26.2 Å². The highest BCUT2D eigenvalue weighted by molar-refractivity contribution is 4.76. The summed E-state index contributed by atoms with van der Waals surface area (Å²) in [5, 5.41) is 13.3. The van der Waals surface area contributed by atoms with Crippen LogP contribution in [-0.2, 0) is 9.47 Å².